The van der Waals surface area contributed by atoms with Gasteiger partial charge in [0.2, 0.25) is 0 Å². The average molecular weight is 316 g/mol. The highest BCUT2D eigenvalue weighted by atomic mass is 32.2. The number of hydrogen-bond acceptors (Lipinski definition) is 4. The van der Waals surface area contributed by atoms with Crippen molar-refractivity contribution in [2.45, 2.75) is 19.8 Å². The molecule has 0 aliphatic heterocycles. The molecule has 1 aromatic carbocycles. The number of rotatable bonds is 8. The van der Waals surface area contributed by atoms with Crippen molar-refractivity contribution in [2.24, 2.45) is 5.92 Å². The van der Waals surface area contributed by atoms with Crippen LogP contribution in [0.2, 0.25) is 0 Å². The van der Waals surface area contributed by atoms with Gasteiger partial charge in [-0.25, -0.2) is 9.44 Å². The lowest BCUT2D eigenvalue weighted by Gasteiger charge is -2.22. The van der Waals surface area contributed by atoms with Gasteiger partial charge < -0.3 is 9.47 Å². The van der Waals surface area contributed by atoms with E-state index in [9.17, 15) is 8.42 Å². The first-order chi connectivity index (χ1) is 9.84. The Morgan fingerprint density at radius 3 is 2.24 bits per heavy atom. The normalized spacial score (nSPS) is 13.2. The van der Waals surface area contributed by atoms with Gasteiger partial charge in [-0.3, -0.25) is 0 Å². The molecule has 0 radical (unpaired) electrons. The molecule has 21 heavy (non-hydrogen) atoms. The van der Waals surface area contributed by atoms with Crippen LogP contribution in [-0.4, -0.2) is 36.2 Å². The van der Waals surface area contributed by atoms with Crippen LogP contribution < -0.4 is 18.9 Å². The molecule has 0 saturated heterocycles. The molecule has 0 aliphatic rings. The molecule has 1 rings (SSSR count). The van der Waals surface area contributed by atoms with Crippen LogP contribution in [0.1, 0.15) is 25.3 Å². The van der Waals surface area contributed by atoms with Crippen LogP contribution >= 0.6 is 0 Å². The maximum absolute atomic E-state index is 11.5. The fourth-order valence-electron chi connectivity index (χ4n) is 2.09. The molecule has 1 atom stereocenters. The molecular weight excluding hydrogens is 292 g/mol. The minimum atomic E-state index is -3.44. The van der Waals surface area contributed by atoms with Gasteiger partial charge in [-0.2, -0.15) is 8.42 Å². The summed E-state index contributed by atoms with van der Waals surface area (Å²) in [7, 11) is 1.10. The van der Waals surface area contributed by atoms with Crippen molar-refractivity contribution in [3.63, 3.8) is 0 Å². The SMILES string of the molecule is CNS(=O)(=O)NCC(c1ccc(OC)c(OC)c1)C(C)C. The van der Waals surface area contributed by atoms with Gasteiger partial charge in [0, 0.05) is 13.6 Å². The minimum Gasteiger partial charge on any atom is -0.493 e. The smallest absolute Gasteiger partial charge is 0.276 e. The molecule has 1 aromatic rings. The number of methoxy groups -OCH3 is 2. The molecule has 0 fully saturated rings. The summed E-state index contributed by atoms with van der Waals surface area (Å²) in [5, 5.41) is 0. The first-order valence-electron chi connectivity index (χ1n) is 6.74. The Morgan fingerprint density at radius 2 is 1.76 bits per heavy atom. The number of hydrogen-bond donors (Lipinski definition) is 2. The summed E-state index contributed by atoms with van der Waals surface area (Å²) in [4.78, 5) is 0. The second-order valence-corrected chi connectivity index (χ2v) is 6.72. The van der Waals surface area contributed by atoms with Gasteiger partial charge in [0.15, 0.2) is 11.5 Å². The monoisotopic (exact) mass is 316 g/mol. The zero-order chi connectivity index (χ0) is 16.0. The van der Waals surface area contributed by atoms with E-state index >= 15 is 0 Å². The van der Waals surface area contributed by atoms with Crippen molar-refractivity contribution in [1.82, 2.24) is 9.44 Å². The van der Waals surface area contributed by atoms with Gasteiger partial charge in [-0.15, -0.1) is 0 Å². The Kier molecular flexibility index (Phi) is 6.44. The second kappa shape index (κ2) is 7.63. The molecule has 0 aliphatic carbocycles. The summed E-state index contributed by atoms with van der Waals surface area (Å²) in [5.74, 6) is 1.59. The third-order valence-electron chi connectivity index (χ3n) is 3.40. The van der Waals surface area contributed by atoms with Crippen LogP contribution in [0.25, 0.3) is 0 Å². The van der Waals surface area contributed by atoms with E-state index in [1.165, 1.54) is 7.05 Å². The Hall–Kier alpha value is -1.31. The maximum Gasteiger partial charge on any atom is 0.276 e. The van der Waals surface area contributed by atoms with E-state index in [-0.39, 0.29) is 11.8 Å². The first kappa shape index (κ1) is 17.7. The van der Waals surface area contributed by atoms with Crippen LogP contribution in [0.4, 0.5) is 0 Å². The van der Waals surface area contributed by atoms with Gasteiger partial charge in [-0.1, -0.05) is 19.9 Å². The van der Waals surface area contributed by atoms with Crippen LogP contribution in [0, 0.1) is 5.92 Å². The van der Waals surface area contributed by atoms with E-state index in [4.69, 9.17) is 9.47 Å². The third kappa shape index (κ3) is 4.87. The van der Waals surface area contributed by atoms with Gasteiger partial charge in [-0.05, 0) is 29.5 Å². The van der Waals surface area contributed by atoms with E-state index < -0.39 is 10.2 Å². The van der Waals surface area contributed by atoms with Crippen molar-refractivity contribution in [3.8, 4) is 11.5 Å². The molecule has 0 heterocycles. The van der Waals surface area contributed by atoms with Crippen LogP contribution in [0.5, 0.6) is 11.5 Å². The van der Waals surface area contributed by atoms with Crippen LogP contribution in [-0.2, 0) is 10.2 Å². The number of nitrogens with one attached hydrogen (secondary N) is 2. The van der Waals surface area contributed by atoms with Crippen molar-refractivity contribution >= 4 is 10.2 Å². The second-order valence-electron chi connectivity index (χ2n) is 5.02. The van der Waals surface area contributed by atoms with E-state index in [1.807, 2.05) is 18.2 Å². The molecule has 1 unspecified atom stereocenters. The summed E-state index contributed by atoms with van der Waals surface area (Å²) >= 11 is 0. The quantitative estimate of drug-likeness (QED) is 0.762. The zero-order valence-electron chi connectivity index (χ0n) is 13.1. The van der Waals surface area contributed by atoms with Crippen LogP contribution in [0.3, 0.4) is 0 Å². The predicted octanol–water partition coefficient (Wildman–Crippen LogP) is 1.50. The number of benzene rings is 1. The Morgan fingerprint density at radius 1 is 1.14 bits per heavy atom. The molecular formula is C14H24N2O4S. The van der Waals surface area contributed by atoms with Crippen molar-refractivity contribution in [3.05, 3.63) is 23.8 Å². The lowest BCUT2D eigenvalue weighted by Crippen LogP contribution is -2.37. The van der Waals surface area contributed by atoms with E-state index in [0.717, 1.165) is 5.56 Å². The van der Waals surface area contributed by atoms with Gasteiger partial charge in [0.1, 0.15) is 0 Å². The van der Waals surface area contributed by atoms with E-state index in [1.54, 1.807) is 14.2 Å². The highest BCUT2D eigenvalue weighted by Gasteiger charge is 2.20. The Labute approximate surface area is 127 Å². The van der Waals surface area contributed by atoms with Gasteiger partial charge in [0.05, 0.1) is 14.2 Å². The largest absolute Gasteiger partial charge is 0.493 e. The first-order valence-corrected chi connectivity index (χ1v) is 8.23. The molecule has 2 N–H and O–H groups in total. The molecule has 0 amide bonds. The van der Waals surface area contributed by atoms with Crippen LogP contribution in [0.15, 0.2) is 18.2 Å². The van der Waals surface area contributed by atoms with Crippen molar-refractivity contribution < 1.29 is 17.9 Å². The summed E-state index contributed by atoms with van der Waals surface area (Å²) in [6, 6.07) is 5.65. The molecule has 6 nitrogen and oxygen atoms in total. The minimum absolute atomic E-state index is 0.0351. The lowest BCUT2D eigenvalue weighted by molar-refractivity contribution is 0.353. The van der Waals surface area contributed by atoms with Gasteiger partial charge >= 0.3 is 0 Å². The molecule has 7 heteroatoms. The van der Waals surface area contributed by atoms with Crippen molar-refractivity contribution in [2.75, 3.05) is 27.8 Å². The Balaban J connectivity index is 3.01. The maximum atomic E-state index is 11.5. The van der Waals surface area contributed by atoms with Gasteiger partial charge in [0.25, 0.3) is 10.2 Å². The van der Waals surface area contributed by atoms with E-state index in [2.05, 4.69) is 23.3 Å². The standard InChI is InChI=1S/C14H24N2O4S/c1-10(2)12(9-16-21(17,18)15-3)11-6-7-13(19-4)14(8-11)20-5/h6-8,10,12,15-16H,9H2,1-5H3. The summed E-state index contributed by atoms with van der Waals surface area (Å²) in [6.07, 6.45) is 0. The zero-order valence-corrected chi connectivity index (χ0v) is 14.0. The topological polar surface area (TPSA) is 76.7 Å². The third-order valence-corrected chi connectivity index (χ3v) is 4.49. The molecule has 0 spiro atoms. The summed E-state index contributed by atoms with van der Waals surface area (Å²) in [5.41, 5.74) is 1.00. The highest BCUT2D eigenvalue weighted by Crippen LogP contribution is 2.33. The fraction of sp³-hybridized carbons (Fsp3) is 0.571. The highest BCUT2D eigenvalue weighted by molar-refractivity contribution is 7.87. The predicted molar refractivity (Wildman–Crippen MR) is 83.1 cm³/mol. The lowest BCUT2D eigenvalue weighted by atomic mass is 9.88. The molecule has 0 bridgehead atoms. The fourth-order valence-corrected chi connectivity index (χ4v) is 2.64. The Bertz CT molecular complexity index is 558. The molecule has 120 valence electrons. The van der Waals surface area contributed by atoms with Crippen molar-refractivity contribution in [1.29, 1.82) is 0 Å². The molecule has 0 saturated carbocycles. The van der Waals surface area contributed by atoms with E-state index in [0.29, 0.717) is 18.0 Å². The number of ether oxygens (including phenoxy) is 2. The average Bonchev–Trinajstić information content (AvgIpc) is 2.46. The molecule has 0 aromatic heterocycles. The summed E-state index contributed by atoms with van der Waals surface area (Å²) < 4.78 is 38.3. The summed E-state index contributed by atoms with van der Waals surface area (Å²) in [6.45, 7) is 4.42.